The number of anilines is 1. The number of nitrogens with zero attached hydrogens (tertiary/aromatic N) is 1. The fourth-order valence-electron chi connectivity index (χ4n) is 2.74. The standard InChI is InChI=1S/C24H15Br2ClN2O3/c1-14-10-19(25)22(20(26)11-14)29-23(30)17(13-28)12-16-4-2-3-5-21(16)32-24(31)15-6-8-18(27)9-7-15/h2-12H,1H3,(H,29,30)/b17-12+. The van der Waals surface area contributed by atoms with Gasteiger partial charge in [0.15, 0.2) is 0 Å². The fourth-order valence-corrected chi connectivity index (χ4v) is 4.48. The van der Waals surface area contributed by atoms with Crippen LogP contribution in [0.5, 0.6) is 5.75 Å². The van der Waals surface area contributed by atoms with Crippen molar-refractivity contribution in [3.05, 3.63) is 96.9 Å². The van der Waals surface area contributed by atoms with Gasteiger partial charge < -0.3 is 10.1 Å². The van der Waals surface area contributed by atoms with E-state index < -0.39 is 11.9 Å². The summed E-state index contributed by atoms with van der Waals surface area (Å²) in [5.41, 5.74) is 2.07. The van der Waals surface area contributed by atoms with E-state index >= 15 is 0 Å². The average molecular weight is 575 g/mol. The van der Waals surface area contributed by atoms with E-state index in [4.69, 9.17) is 16.3 Å². The zero-order chi connectivity index (χ0) is 23.3. The number of benzene rings is 3. The van der Waals surface area contributed by atoms with E-state index in [2.05, 4.69) is 37.2 Å². The Kier molecular flexibility index (Phi) is 7.86. The van der Waals surface area contributed by atoms with Crippen LogP contribution in [0.15, 0.2) is 75.2 Å². The molecule has 1 amide bonds. The number of halogens is 3. The number of hydrogen-bond acceptors (Lipinski definition) is 4. The minimum absolute atomic E-state index is 0.153. The monoisotopic (exact) mass is 572 g/mol. The van der Waals surface area contributed by atoms with Gasteiger partial charge in [-0.25, -0.2) is 4.79 Å². The third-order valence-electron chi connectivity index (χ3n) is 4.29. The van der Waals surface area contributed by atoms with Crippen molar-refractivity contribution in [3.63, 3.8) is 0 Å². The van der Waals surface area contributed by atoms with E-state index in [0.717, 1.165) is 5.56 Å². The highest BCUT2D eigenvalue weighted by atomic mass is 79.9. The SMILES string of the molecule is Cc1cc(Br)c(NC(=O)/C(C#N)=C/c2ccccc2OC(=O)c2ccc(Cl)cc2)c(Br)c1. The van der Waals surface area contributed by atoms with E-state index in [0.29, 0.717) is 30.8 Å². The molecule has 0 aliphatic heterocycles. The molecule has 0 aromatic heterocycles. The molecule has 3 aromatic rings. The molecule has 1 N–H and O–H groups in total. The normalized spacial score (nSPS) is 10.9. The van der Waals surface area contributed by atoms with Crippen molar-refractivity contribution in [2.24, 2.45) is 0 Å². The minimum Gasteiger partial charge on any atom is -0.422 e. The first-order chi connectivity index (χ1) is 15.3. The summed E-state index contributed by atoms with van der Waals surface area (Å²) in [6.45, 7) is 1.92. The number of nitriles is 1. The van der Waals surface area contributed by atoms with Crippen LogP contribution in [0.4, 0.5) is 5.69 Å². The zero-order valence-corrected chi connectivity index (χ0v) is 20.6. The van der Waals surface area contributed by atoms with Crippen LogP contribution in [0.25, 0.3) is 6.08 Å². The summed E-state index contributed by atoms with van der Waals surface area (Å²) in [6.07, 6.45) is 1.37. The lowest BCUT2D eigenvalue weighted by molar-refractivity contribution is -0.112. The second kappa shape index (κ2) is 10.6. The molecule has 0 fully saturated rings. The van der Waals surface area contributed by atoms with Crippen LogP contribution in [0.3, 0.4) is 0 Å². The van der Waals surface area contributed by atoms with Crippen molar-refractivity contribution in [2.45, 2.75) is 6.92 Å². The van der Waals surface area contributed by atoms with Crippen LogP contribution in [-0.4, -0.2) is 11.9 Å². The number of aryl methyl sites for hydroxylation is 1. The Morgan fingerprint density at radius 2 is 1.69 bits per heavy atom. The Morgan fingerprint density at radius 1 is 1.06 bits per heavy atom. The van der Waals surface area contributed by atoms with Crippen molar-refractivity contribution in [2.75, 3.05) is 5.32 Å². The van der Waals surface area contributed by atoms with Gasteiger partial charge in [0.05, 0.1) is 11.3 Å². The maximum atomic E-state index is 12.8. The van der Waals surface area contributed by atoms with Crippen molar-refractivity contribution < 1.29 is 14.3 Å². The van der Waals surface area contributed by atoms with Gasteiger partial charge in [0.25, 0.3) is 5.91 Å². The molecular formula is C24H15Br2ClN2O3. The van der Waals surface area contributed by atoms with Gasteiger partial charge in [0.2, 0.25) is 0 Å². The van der Waals surface area contributed by atoms with Crippen LogP contribution < -0.4 is 10.1 Å². The van der Waals surface area contributed by atoms with Crippen LogP contribution in [0, 0.1) is 18.3 Å². The predicted octanol–water partition coefficient (Wildman–Crippen LogP) is 6.94. The maximum absolute atomic E-state index is 12.8. The molecule has 5 nitrogen and oxygen atoms in total. The van der Waals surface area contributed by atoms with Gasteiger partial charge in [-0.05, 0) is 92.9 Å². The second-order valence-electron chi connectivity index (χ2n) is 6.66. The van der Waals surface area contributed by atoms with Gasteiger partial charge in [-0.3, -0.25) is 4.79 Å². The number of amides is 1. The molecule has 0 unspecified atom stereocenters. The van der Waals surface area contributed by atoms with E-state index in [-0.39, 0.29) is 11.3 Å². The lowest BCUT2D eigenvalue weighted by Gasteiger charge is -2.11. The Morgan fingerprint density at radius 3 is 2.31 bits per heavy atom. The second-order valence-corrected chi connectivity index (χ2v) is 8.81. The molecule has 0 spiro atoms. The summed E-state index contributed by atoms with van der Waals surface area (Å²) < 4.78 is 6.83. The lowest BCUT2D eigenvalue weighted by Crippen LogP contribution is -2.14. The number of hydrogen-bond donors (Lipinski definition) is 1. The van der Waals surface area contributed by atoms with Gasteiger partial charge in [-0.15, -0.1) is 0 Å². The summed E-state index contributed by atoms with van der Waals surface area (Å²) in [4.78, 5) is 25.2. The average Bonchev–Trinajstić information content (AvgIpc) is 2.75. The van der Waals surface area contributed by atoms with E-state index in [1.54, 1.807) is 48.5 Å². The molecule has 0 bridgehead atoms. The third-order valence-corrected chi connectivity index (χ3v) is 5.79. The van der Waals surface area contributed by atoms with Gasteiger partial charge >= 0.3 is 5.97 Å². The first-order valence-corrected chi connectivity index (χ1v) is 11.2. The summed E-state index contributed by atoms with van der Waals surface area (Å²) >= 11 is 12.7. The Labute approximate surface area is 206 Å². The Balaban J connectivity index is 1.86. The third kappa shape index (κ3) is 5.86. The van der Waals surface area contributed by atoms with Gasteiger partial charge in [-0.2, -0.15) is 5.26 Å². The molecule has 32 heavy (non-hydrogen) atoms. The number of para-hydroxylation sites is 1. The zero-order valence-electron chi connectivity index (χ0n) is 16.7. The maximum Gasteiger partial charge on any atom is 0.343 e. The smallest absolute Gasteiger partial charge is 0.343 e. The molecule has 160 valence electrons. The number of carbonyl (C=O) groups excluding carboxylic acids is 2. The highest BCUT2D eigenvalue weighted by Gasteiger charge is 2.16. The number of esters is 1. The summed E-state index contributed by atoms with van der Waals surface area (Å²) in [6, 6.07) is 18.5. The molecule has 0 aliphatic rings. The molecule has 0 aliphatic carbocycles. The molecule has 3 aromatic carbocycles. The molecule has 0 saturated carbocycles. The number of carbonyl (C=O) groups is 2. The van der Waals surface area contributed by atoms with Crippen LogP contribution >= 0.6 is 43.5 Å². The predicted molar refractivity (Wildman–Crippen MR) is 132 cm³/mol. The minimum atomic E-state index is -0.600. The van der Waals surface area contributed by atoms with Gasteiger partial charge in [-0.1, -0.05) is 29.8 Å². The van der Waals surface area contributed by atoms with E-state index in [9.17, 15) is 14.9 Å². The summed E-state index contributed by atoms with van der Waals surface area (Å²) in [7, 11) is 0. The number of rotatable bonds is 5. The largest absolute Gasteiger partial charge is 0.422 e. The first kappa shape index (κ1) is 23.7. The number of nitrogens with one attached hydrogen (secondary N) is 1. The van der Waals surface area contributed by atoms with Crippen LogP contribution in [0.1, 0.15) is 21.5 Å². The van der Waals surface area contributed by atoms with E-state index in [1.807, 2.05) is 25.1 Å². The molecule has 8 heteroatoms. The fraction of sp³-hybridized carbons (Fsp3) is 0.0417. The van der Waals surface area contributed by atoms with Crippen molar-refractivity contribution in [3.8, 4) is 11.8 Å². The summed E-state index contributed by atoms with van der Waals surface area (Å²) in [5.74, 6) is -0.972. The molecule has 0 heterocycles. The van der Waals surface area contributed by atoms with E-state index in [1.165, 1.54) is 6.08 Å². The quantitative estimate of drug-likeness (QED) is 0.155. The Bertz CT molecular complexity index is 1240. The summed E-state index contributed by atoms with van der Waals surface area (Å²) in [5, 5.41) is 12.8. The molecule has 0 saturated heterocycles. The highest BCUT2D eigenvalue weighted by molar-refractivity contribution is 9.11. The van der Waals surface area contributed by atoms with Crippen molar-refractivity contribution in [1.82, 2.24) is 0 Å². The van der Waals surface area contributed by atoms with Crippen molar-refractivity contribution >= 4 is 67.1 Å². The molecule has 0 atom stereocenters. The Hall–Kier alpha value is -2.92. The van der Waals surface area contributed by atoms with Gasteiger partial charge in [0, 0.05) is 19.5 Å². The van der Waals surface area contributed by atoms with Crippen molar-refractivity contribution in [1.29, 1.82) is 5.26 Å². The van der Waals surface area contributed by atoms with Crippen LogP contribution in [0.2, 0.25) is 5.02 Å². The molecule has 0 radical (unpaired) electrons. The molecule has 3 rings (SSSR count). The van der Waals surface area contributed by atoms with Gasteiger partial charge in [0.1, 0.15) is 17.4 Å². The highest BCUT2D eigenvalue weighted by Crippen LogP contribution is 2.33. The topological polar surface area (TPSA) is 79.2 Å². The number of ether oxygens (including phenoxy) is 1. The lowest BCUT2D eigenvalue weighted by atomic mass is 10.1. The van der Waals surface area contributed by atoms with Crippen LogP contribution in [-0.2, 0) is 4.79 Å². The first-order valence-electron chi connectivity index (χ1n) is 9.24. The molecular weight excluding hydrogens is 560 g/mol.